The Morgan fingerprint density at radius 2 is 2.04 bits per heavy atom. The number of anilines is 1. The maximum atomic E-state index is 6.04. The highest BCUT2D eigenvalue weighted by atomic mass is 32.2. The van der Waals surface area contributed by atoms with Gasteiger partial charge >= 0.3 is 0 Å². The van der Waals surface area contributed by atoms with Crippen LogP contribution >= 0.6 is 11.9 Å². The van der Waals surface area contributed by atoms with Crippen LogP contribution in [0.25, 0.3) is 0 Å². The predicted octanol–water partition coefficient (Wildman–Crippen LogP) is 3.12. The van der Waals surface area contributed by atoms with E-state index in [2.05, 4.69) is 42.4 Å². The van der Waals surface area contributed by atoms with E-state index in [-0.39, 0.29) is 0 Å². The first kappa shape index (κ1) is 15.7. The molecular formula is C18H18N6OS. The Bertz CT molecular complexity index is 899. The van der Waals surface area contributed by atoms with Crippen molar-refractivity contribution in [1.82, 2.24) is 25.3 Å². The molecule has 1 saturated heterocycles. The van der Waals surface area contributed by atoms with E-state index in [0.29, 0.717) is 18.4 Å². The van der Waals surface area contributed by atoms with Crippen LogP contribution in [0.2, 0.25) is 0 Å². The summed E-state index contributed by atoms with van der Waals surface area (Å²) in [6, 6.07) is 14.3. The summed E-state index contributed by atoms with van der Waals surface area (Å²) >= 11 is 1.70. The number of benzene rings is 2. The molecule has 0 amide bonds. The molecule has 1 fully saturated rings. The third-order valence-corrected chi connectivity index (χ3v) is 5.65. The van der Waals surface area contributed by atoms with Gasteiger partial charge in [0.05, 0.1) is 11.9 Å². The Labute approximate surface area is 155 Å². The molecule has 0 aliphatic carbocycles. The smallest absolute Gasteiger partial charge is 0.178 e. The summed E-state index contributed by atoms with van der Waals surface area (Å²) in [5.41, 5.74) is 2.42. The van der Waals surface area contributed by atoms with Crippen LogP contribution < -0.4 is 14.4 Å². The van der Waals surface area contributed by atoms with Crippen LogP contribution in [-0.2, 0) is 6.42 Å². The number of ether oxygens (including phenoxy) is 1. The predicted molar refractivity (Wildman–Crippen MR) is 99.3 cm³/mol. The molecule has 1 atom stereocenters. The fourth-order valence-corrected chi connectivity index (χ4v) is 4.41. The zero-order valence-corrected chi connectivity index (χ0v) is 14.9. The van der Waals surface area contributed by atoms with Gasteiger partial charge in [-0.05, 0) is 60.7 Å². The summed E-state index contributed by atoms with van der Waals surface area (Å²) < 4.78 is 9.56. The van der Waals surface area contributed by atoms with Crippen molar-refractivity contribution < 1.29 is 4.74 Å². The van der Waals surface area contributed by atoms with E-state index < -0.39 is 0 Å². The van der Waals surface area contributed by atoms with Crippen LogP contribution in [0.1, 0.15) is 24.2 Å². The molecule has 1 aromatic heterocycles. The molecular weight excluding hydrogens is 348 g/mol. The summed E-state index contributed by atoms with van der Waals surface area (Å²) in [7, 11) is 0. The standard InChI is InChI=1S/C18H18N6OS/c1-2-18-21-26-16-11-14(7-8-15(16)24(18)9-1)25-13-5-3-12(4-6-13)10-17-19-22-23-20-17/h3-8,11,18,21H,1-2,9-10H2,(H,19,20,22,23). The molecule has 2 aliphatic heterocycles. The van der Waals surface area contributed by atoms with E-state index in [9.17, 15) is 0 Å². The highest BCUT2D eigenvalue weighted by molar-refractivity contribution is 7.97. The second-order valence-corrected chi connectivity index (χ2v) is 7.33. The minimum atomic E-state index is 0.464. The van der Waals surface area contributed by atoms with Crippen molar-refractivity contribution in [2.24, 2.45) is 0 Å². The van der Waals surface area contributed by atoms with E-state index >= 15 is 0 Å². The van der Waals surface area contributed by atoms with Crippen molar-refractivity contribution >= 4 is 17.6 Å². The van der Waals surface area contributed by atoms with Gasteiger partial charge in [0.1, 0.15) is 11.5 Å². The second kappa shape index (κ2) is 6.62. The van der Waals surface area contributed by atoms with Gasteiger partial charge < -0.3 is 9.64 Å². The van der Waals surface area contributed by atoms with Gasteiger partial charge in [0.2, 0.25) is 0 Å². The molecule has 3 aromatic rings. The summed E-state index contributed by atoms with van der Waals surface area (Å²) in [5, 5.41) is 14.0. The quantitative estimate of drug-likeness (QED) is 0.687. The van der Waals surface area contributed by atoms with E-state index in [1.807, 2.05) is 30.3 Å². The average Bonchev–Trinajstić information content (AvgIpc) is 3.35. The van der Waals surface area contributed by atoms with Crippen LogP contribution in [-0.4, -0.2) is 33.3 Å². The summed E-state index contributed by atoms with van der Waals surface area (Å²) in [4.78, 5) is 3.66. The molecule has 2 aliphatic rings. The lowest BCUT2D eigenvalue weighted by molar-refractivity contribution is 0.480. The Morgan fingerprint density at radius 1 is 1.15 bits per heavy atom. The first-order chi connectivity index (χ1) is 12.8. The normalized spacial score (nSPS) is 18.5. The van der Waals surface area contributed by atoms with Crippen LogP contribution in [0.15, 0.2) is 47.4 Å². The number of aromatic nitrogens is 4. The number of tetrazole rings is 1. The molecule has 0 spiro atoms. The molecule has 8 heteroatoms. The fourth-order valence-electron chi connectivity index (χ4n) is 3.44. The lowest BCUT2D eigenvalue weighted by Crippen LogP contribution is -2.41. The third kappa shape index (κ3) is 3.02. The van der Waals surface area contributed by atoms with E-state index in [1.54, 1.807) is 11.9 Å². The van der Waals surface area contributed by atoms with E-state index in [4.69, 9.17) is 4.74 Å². The second-order valence-electron chi connectivity index (χ2n) is 6.45. The third-order valence-electron chi connectivity index (χ3n) is 4.71. The number of hydrogen-bond acceptors (Lipinski definition) is 7. The van der Waals surface area contributed by atoms with Gasteiger partial charge in [-0.2, -0.15) is 5.21 Å². The van der Waals surface area contributed by atoms with Gasteiger partial charge in [-0.15, -0.1) is 10.2 Å². The van der Waals surface area contributed by atoms with Gasteiger partial charge in [0.25, 0.3) is 0 Å². The van der Waals surface area contributed by atoms with Crippen molar-refractivity contribution in [2.75, 3.05) is 11.4 Å². The maximum absolute atomic E-state index is 6.04. The van der Waals surface area contributed by atoms with Gasteiger partial charge in [-0.3, -0.25) is 0 Å². The Hall–Kier alpha value is -2.58. The molecule has 7 nitrogen and oxygen atoms in total. The van der Waals surface area contributed by atoms with E-state index in [0.717, 1.165) is 23.6 Å². The molecule has 26 heavy (non-hydrogen) atoms. The fraction of sp³-hybridized carbons (Fsp3) is 0.278. The highest BCUT2D eigenvalue weighted by Gasteiger charge is 2.30. The first-order valence-corrected chi connectivity index (χ1v) is 9.49. The Kier molecular flexibility index (Phi) is 3.99. The van der Waals surface area contributed by atoms with Gasteiger partial charge in [0, 0.05) is 17.9 Å². The van der Waals surface area contributed by atoms with Gasteiger partial charge in [0.15, 0.2) is 5.82 Å². The monoisotopic (exact) mass is 366 g/mol. The SMILES string of the molecule is c1cc(Oc2ccc3c(c2)SNC2CCCN32)ccc1Cc1nn[nH]n1. The van der Waals surface area contributed by atoms with Crippen LogP contribution in [0.5, 0.6) is 11.5 Å². The topological polar surface area (TPSA) is 79.0 Å². The molecule has 5 rings (SSSR count). The average molecular weight is 366 g/mol. The van der Waals surface area contributed by atoms with Crippen molar-refractivity contribution in [2.45, 2.75) is 30.3 Å². The van der Waals surface area contributed by atoms with Crippen molar-refractivity contribution in [3.8, 4) is 11.5 Å². The van der Waals surface area contributed by atoms with Crippen molar-refractivity contribution in [1.29, 1.82) is 0 Å². The number of nitrogens with zero attached hydrogens (tertiary/aromatic N) is 4. The number of fused-ring (bicyclic) bond motifs is 3. The summed E-state index contributed by atoms with van der Waals surface area (Å²) in [5.74, 6) is 2.34. The van der Waals surface area contributed by atoms with Crippen molar-refractivity contribution in [3.63, 3.8) is 0 Å². The zero-order chi connectivity index (χ0) is 17.3. The highest BCUT2D eigenvalue weighted by Crippen LogP contribution is 2.40. The Morgan fingerprint density at radius 3 is 2.88 bits per heavy atom. The maximum Gasteiger partial charge on any atom is 0.178 e. The minimum Gasteiger partial charge on any atom is -0.457 e. The van der Waals surface area contributed by atoms with Crippen LogP contribution in [0, 0.1) is 0 Å². The molecule has 132 valence electrons. The minimum absolute atomic E-state index is 0.464. The molecule has 3 heterocycles. The molecule has 0 radical (unpaired) electrons. The lowest BCUT2D eigenvalue weighted by atomic mass is 10.1. The Balaban J connectivity index is 1.30. The van der Waals surface area contributed by atoms with Crippen LogP contribution in [0.3, 0.4) is 0 Å². The number of aromatic amines is 1. The van der Waals surface area contributed by atoms with E-state index in [1.165, 1.54) is 23.4 Å². The number of nitrogens with one attached hydrogen (secondary N) is 2. The van der Waals surface area contributed by atoms with Crippen molar-refractivity contribution in [3.05, 3.63) is 53.9 Å². The number of rotatable bonds is 4. The zero-order valence-electron chi connectivity index (χ0n) is 14.1. The summed E-state index contributed by atoms with van der Waals surface area (Å²) in [6.07, 6.45) is 3.56. The first-order valence-electron chi connectivity index (χ1n) is 8.67. The molecule has 0 bridgehead atoms. The van der Waals surface area contributed by atoms with Gasteiger partial charge in [-0.1, -0.05) is 17.3 Å². The molecule has 0 saturated carbocycles. The number of hydrogen-bond donors (Lipinski definition) is 2. The van der Waals surface area contributed by atoms with Crippen LogP contribution in [0.4, 0.5) is 5.69 Å². The molecule has 2 aromatic carbocycles. The summed E-state index contributed by atoms with van der Waals surface area (Å²) in [6.45, 7) is 1.12. The lowest BCUT2D eigenvalue weighted by Gasteiger charge is -2.33. The molecule has 1 unspecified atom stereocenters. The number of H-pyrrole nitrogens is 1. The largest absolute Gasteiger partial charge is 0.457 e. The molecule has 2 N–H and O–H groups in total. The van der Waals surface area contributed by atoms with Gasteiger partial charge in [-0.25, -0.2) is 4.72 Å².